The van der Waals surface area contributed by atoms with Crippen molar-refractivity contribution in [2.24, 2.45) is 0 Å². The predicted molar refractivity (Wildman–Crippen MR) is 175 cm³/mol. The van der Waals surface area contributed by atoms with E-state index in [1.165, 1.54) is 30.3 Å². The molecule has 266 valence electrons. The molecule has 2 N–H and O–H groups in total. The molecule has 0 unspecified atom stereocenters. The van der Waals surface area contributed by atoms with E-state index in [-0.39, 0.29) is 51.8 Å². The highest BCUT2D eigenvalue weighted by atomic mass is 19.3. The first-order chi connectivity index (χ1) is 23.3. The number of hydrogen-bond donors (Lipinski definition) is 2. The second-order valence-corrected chi connectivity index (χ2v) is 11.7. The van der Waals surface area contributed by atoms with E-state index in [1.807, 2.05) is 13.8 Å². The zero-order chi connectivity index (χ0) is 35.9. The Hall–Kier alpha value is -4.50. The fourth-order valence-corrected chi connectivity index (χ4v) is 5.12. The highest BCUT2D eigenvalue weighted by Gasteiger charge is 2.46. The van der Waals surface area contributed by atoms with Gasteiger partial charge in [0.25, 0.3) is 23.3 Å². The smallest absolute Gasteiger partial charge is 0.387 e. The number of rotatable bonds is 14. The van der Waals surface area contributed by atoms with Gasteiger partial charge in [0.1, 0.15) is 17.1 Å². The molecule has 0 spiro atoms. The van der Waals surface area contributed by atoms with Crippen molar-refractivity contribution in [3.63, 3.8) is 0 Å². The number of anilines is 1. The molecule has 5 rings (SSSR count). The van der Waals surface area contributed by atoms with Crippen LogP contribution in [-0.4, -0.2) is 78.3 Å². The van der Waals surface area contributed by atoms with Gasteiger partial charge in [-0.25, -0.2) is 8.78 Å². The summed E-state index contributed by atoms with van der Waals surface area (Å²) in [4.78, 5) is 45.5. The summed E-state index contributed by atoms with van der Waals surface area (Å²) < 4.78 is 70.1. The van der Waals surface area contributed by atoms with Crippen LogP contribution in [0.3, 0.4) is 0 Å². The largest absolute Gasteiger partial charge is 0.475 e. The van der Waals surface area contributed by atoms with Gasteiger partial charge in [0.2, 0.25) is 5.88 Å². The minimum Gasteiger partial charge on any atom is -0.475 e. The van der Waals surface area contributed by atoms with Gasteiger partial charge in [0.15, 0.2) is 0 Å². The first-order valence-electron chi connectivity index (χ1n) is 16.0. The summed E-state index contributed by atoms with van der Waals surface area (Å²) in [5.41, 5.74) is 0.391. The first-order valence-corrected chi connectivity index (χ1v) is 16.0. The van der Waals surface area contributed by atoms with Crippen LogP contribution in [0.2, 0.25) is 0 Å². The molecule has 1 aliphatic heterocycles. The van der Waals surface area contributed by atoms with Crippen molar-refractivity contribution in [3.05, 3.63) is 69.6 Å². The maximum Gasteiger partial charge on any atom is 0.387 e. The molecule has 0 radical (unpaired) electrons. The van der Waals surface area contributed by atoms with E-state index < -0.39 is 43.0 Å². The normalized spacial score (nSPS) is 15.0. The van der Waals surface area contributed by atoms with Crippen LogP contribution in [0.15, 0.2) is 47.4 Å². The summed E-state index contributed by atoms with van der Waals surface area (Å²) in [6, 6.07) is 7.97. The van der Waals surface area contributed by atoms with Crippen LogP contribution in [0.25, 0.3) is 11.1 Å². The molecule has 1 saturated heterocycles. The van der Waals surface area contributed by atoms with Gasteiger partial charge in [-0.1, -0.05) is 13.8 Å². The van der Waals surface area contributed by atoms with Crippen molar-refractivity contribution >= 4 is 17.6 Å². The van der Waals surface area contributed by atoms with Crippen LogP contribution in [-0.2, 0) is 11.3 Å². The average molecular weight is 692 g/mol. The number of halogens is 4. The zero-order valence-corrected chi connectivity index (χ0v) is 28.0. The molecular formula is C34H41F4N5O6. The molecule has 3 heterocycles. The lowest BCUT2D eigenvalue weighted by Crippen LogP contribution is -2.58. The SMILES string of the molecule is CC.COCCNCc1cc(C(=O)Nc2cc(-c3ccc(OC(F)F)cc3C(=O)N3CC(F)(F)C3)cc(OC(C)C)n2)c(=O)n(C2CC2)c1. The summed E-state index contributed by atoms with van der Waals surface area (Å²) in [7, 11) is 1.58. The molecule has 11 nitrogen and oxygen atoms in total. The number of carbonyl (C=O) groups is 2. The number of benzene rings is 1. The zero-order valence-electron chi connectivity index (χ0n) is 28.0. The van der Waals surface area contributed by atoms with Crippen LogP contribution in [0.5, 0.6) is 11.6 Å². The van der Waals surface area contributed by atoms with Crippen LogP contribution >= 0.6 is 0 Å². The molecule has 2 amide bonds. The molecule has 15 heteroatoms. The van der Waals surface area contributed by atoms with Crippen LogP contribution in [0.4, 0.5) is 23.4 Å². The Kier molecular flexibility index (Phi) is 12.4. The summed E-state index contributed by atoms with van der Waals surface area (Å²) >= 11 is 0. The Morgan fingerprint density at radius 1 is 1.04 bits per heavy atom. The Morgan fingerprint density at radius 3 is 2.37 bits per heavy atom. The molecule has 0 atom stereocenters. The lowest BCUT2D eigenvalue weighted by Gasteiger charge is -2.39. The summed E-state index contributed by atoms with van der Waals surface area (Å²) in [6.45, 7) is 4.09. The Morgan fingerprint density at radius 2 is 1.76 bits per heavy atom. The summed E-state index contributed by atoms with van der Waals surface area (Å²) in [5.74, 6) is -4.95. The average Bonchev–Trinajstić information content (AvgIpc) is 3.88. The van der Waals surface area contributed by atoms with Gasteiger partial charge < -0.3 is 34.3 Å². The minimum atomic E-state index is -3.19. The number of hydrogen-bond acceptors (Lipinski definition) is 8. The number of likely N-dealkylation sites (tertiary alicyclic amines) is 1. The van der Waals surface area contributed by atoms with Gasteiger partial charge in [-0.3, -0.25) is 14.4 Å². The number of alkyl halides is 4. The molecule has 2 aromatic heterocycles. The third-order valence-corrected chi connectivity index (χ3v) is 7.39. The number of nitrogens with zero attached hydrogens (tertiary/aromatic N) is 3. The lowest BCUT2D eigenvalue weighted by molar-refractivity contribution is -0.113. The maximum atomic E-state index is 13.6. The molecule has 0 bridgehead atoms. The Labute approximate surface area is 281 Å². The van der Waals surface area contributed by atoms with E-state index in [4.69, 9.17) is 9.47 Å². The third kappa shape index (κ3) is 9.79. The molecule has 49 heavy (non-hydrogen) atoms. The van der Waals surface area contributed by atoms with Crippen molar-refractivity contribution in [2.75, 3.05) is 38.7 Å². The fraction of sp³-hybridized carbons (Fsp3) is 0.471. The monoisotopic (exact) mass is 691 g/mol. The predicted octanol–water partition coefficient (Wildman–Crippen LogP) is 5.74. The molecule has 2 aliphatic rings. The van der Waals surface area contributed by atoms with Gasteiger partial charge in [-0.2, -0.15) is 13.8 Å². The van der Waals surface area contributed by atoms with E-state index >= 15 is 0 Å². The number of carbonyl (C=O) groups excluding carboxylic acids is 2. The van der Waals surface area contributed by atoms with Gasteiger partial charge >= 0.3 is 6.61 Å². The standard InChI is InChI=1S/C32H35F4N5O6.C2H6/c1-18(2)46-27-12-20(23-7-6-22(47-31(33)34)13-24(23)29(43)40-16-32(35,36)17-40)11-26(38-27)39-28(42)25-10-19(14-37-8-9-45-3)15-41(30(25)44)21-4-5-21;1-2/h6-7,10-13,15,18,21,31,37H,4-5,8-9,14,16-17H2,1-3H3,(H,38,39,42);1-2H3. The molecule has 1 saturated carbocycles. The quantitative estimate of drug-likeness (QED) is 0.162. The second kappa shape index (κ2) is 16.3. The highest BCUT2D eigenvalue weighted by Crippen LogP contribution is 2.36. The molecule has 1 aromatic carbocycles. The van der Waals surface area contributed by atoms with E-state index in [2.05, 4.69) is 20.4 Å². The maximum absolute atomic E-state index is 13.6. The molecule has 3 aromatic rings. The van der Waals surface area contributed by atoms with E-state index in [9.17, 15) is 31.9 Å². The Balaban J connectivity index is 0.00000265. The number of methoxy groups -OCH3 is 1. The van der Waals surface area contributed by atoms with Crippen LogP contribution in [0.1, 0.15) is 72.9 Å². The topological polar surface area (TPSA) is 124 Å². The van der Waals surface area contributed by atoms with Crippen molar-refractivity contribution in [3.8, 4) is 22.8 Å². The van der Waals surface area contributed by atoms with E-state index in [1.54, 1.807) is 31.7 Å². The molecule has 2 fully saturated rings. The second-order valence-electron chi connectivity index (χ2n) is 11.7. The minimum absolute atomic E-state index is 0.000176. The number of pyridine rings is 2. The summed E-state index contributed by atoms with van der Waals surface area (Å²) in [6.07, 6.45) is 3.01. The fourth-order valence-electron chi connectivity index (χ4n) is 5.12. The number of aromatic nitrogens is 2. The van der Waals surface area contributed by atoms with Crippen molar-refractivity contribution in [1.82, 2.24) is 19.8 Å². The van der Waals surface area contributed by atoms with Crippen LogP contribution < -0.4 is 25.7 Å². The van der Waals surface area contributed by atoms with Gasteiger partial charge in [-0.05, 0) is 73.7 Å². The number of nitrogens with one attached hydrogen (secondary N) is 2. The number of ether oxygens (including phenoxy) is 3. The van der Waals surface area contributed by atoms with Crippen molar-refractivity contribution < 1.29 is 41.4 Å². The van der Waals surface area contributed by atoms with E-state index in [0.29, 0.717) is 25.3 Å². The highest BCUT2D eigenvalue weighted by molar-refractivity contribution is 6.05. The van der Waals surface area contributed by atoms with Crippen LogP contribution in [0, 0.1) is 0 Å². The molecule has 1 aliphatic carbocycles. The van der Waals surface area contributed by atoms with E-state index in [0.717, 1.165) is 23.8 Å². The lowest BCUT2D eigenvalue weighted by atomic mass is 9.97. The molecular weight excluding hydrogens is 650 g/mol. The van der Waals surface area contributed by atoms with Crippen molar-refractivity contribution in [1.29, 1.82) is 0 Å². The van der Waals surface area contributed by atoms with Gasteiger partial charge in [0, 0.05) is 38.5 Å². The third-order valence-electron chi connectivity index (χ3n) is 7.39. The summed E-state index contributed by atoms with van der Waals surface area (Å²) in [5, 5.41) is 5.85. The number of amides is 2. The van der Waals surface area contributed by atoms with Gasteiger partial charge in [-0.15, -0.1) is 0 Å². The first kappa shape index (κ1) is 37.3. The Bertz CT molecular complexity index is 1690. The van der Waals surface area contributed by atoms with Gasteiger partial charge in [0.05, 0.1) is 31.4 Å². The van der Waals surface area contributed by atoms with Crippen molar-refractivity contribution in [2.45, 2.75) is 71.8 Å².